The number of para-hydroxylation sites is 4. The van der Waals surface area contributed by atoms with Gasteiger partial charge in [-0.15, -0.1) is 0 Å². The third-order valence-electron chi connectivity index (χ3n) is 4.96. The number of nitrogen functional groups attached to an aromatic ring is 1. The molecule has 0 aliphatic heterocycles. The highest BCUT2D eigenvalue weighted by Gasteiger charge is 2.22. The summed E-state index contributed by atoms with van der Waals surface area (Å²) in [6.45, 7) is 0. The molecule has 0 aliphatic rings. The molecular weight excluding hydrogens is 492 g/mol. The van der Waals surface area contributed by atoms with Gasteiger partial charge in [0.2, 0.25) is 0 Å². The molecule has 5 heteroatoms. The first-order valence-electron chi connectivity index (χ1n) is 9.14. The van der Waals surface area contributed by atoms with Crippen LogP contribution in [0.15, 0.2) is 98.3 Å². The fraction of sp³-hybridized carbons (Fsp3) is 0. The van der Waals surface area contributed by atoms with Crippen molar-refractivity contribution in [1.82, 2.24) is 0 Å². The number of furan rings is 1. The summed E-state index contributed by atoms with van der Waals surface area (Å²) in [5.41, 5.74) is 11.3. The van der Waals surface area contributed by atoms with E-state index in [2.05, 4.69) is 67.1 Å². The first kappa shape index (κ1) is 18.3. The molecule has 2 N–H and O–H groups in total. The van der Waals surface area contributed by atoms with Crippen molar-refractivity contribution >= 4 is 76.5 Å². The van der Waals surface area contributed by atoms with E-state index in [1.54, 1.807) is 0 Å². The second-order valence-electron chi connectivity index (χ2n) is 6.72. The number of hydrogen-bond acceptors (Lipinski definition) is 3. The van der Waals surface area contributed by atoms with Gasteiger partial charge in [0, 0.05) is 19.7 Å². The number of halogens is 2. The van der Waals surface area contributed by atoms with Gasteiger partial charge in [-0.1, -0.05) is 48.5 Å². The number of nitrogens with two attached hydrogens (primary N) is 1. The Hall–Kier alpha value is -2.76. The largest absolute Gasteiger partial charge is 0.452 e. The van der Waals surface area contributed by atoms with Crippen molar-refractivity contribution in [3.05, 3.63) is 93.9 Å². The maximum absolute atomic E-state index is 6.32. The summed E-state index contributed by atoms with van der Waals surface area (Å²) < 4.78 is 8.30. The Balaban J connectivity index is 1.87. The second-order valence-corrected chi connectivity index (χ2v) is 8.43. The summed E-state index contributed by atoms with van der Waals surface area (Å²) in [6.07, 6.45) is 0. The van der Waals surface area contributed by atoms with Crippen LogP contribution in [0.3, 0.4) is 0 Å². The minimum absolute atomic E-state index is 0.637. The van der Waals surface area contributed by atoms with E-state index in [9.17, 15) is 0 Å². The van der Waals surface area contributed by atoms with Gasteiger partial charge in [-0.05, 0) is 68.3 Å². The van der Waals surface area contributed by atoms with Gasteiger partial charge in [-0.25, -0.2) is 0 Å². The normalized spacial score (nSPS) is 11.2. The van der Waals surface area contributed by atoms with Crippen molar-refractivity contribution in [2.45, 2.75) is 0 Å². The average molecular weight is 508 g/mol. The van der Waals surface area contributed by atoms with Crippen LogP contribution in [0, 0.1) is 0 Å². The van der Waals surface area contributed by atoms with E-state index in [0.29, 0.717) is 11.3 Å². The first-order chi connectivity index (χ1) is 14.1. The molecule has 5 aromatic rings. The lowest BCUT2D eigenvalue weighted by Gasteiger charge is -2.27. The number of hydrogen-bond donors (Lipinski definition) is 1. The lowest BCUT2D eigenvalue weighted by atomic mass is 10.1. The third-order valence-corrected chi connectivity index (χ3v) is 6.30. The molecule has 4 aromatic carbocycles. The standard InChI is InChI=1S/C24H16Br2N2O/c25-17-9-1-3-12-20(17)28(21-13-4-2-10-18(21)26)22-14-6-8-16-15-7-5-11-19(27)23(15)29-24(16)22/h1-14H,27H2. The molecular formula is C24H16Br2N2O. The Labute approximate surface area is 185 Å². The fourth-order valence-electron chi connectivity index (χ4n) is 3.66. The zero-order valence-corrected chi connectivity index (χ0v) is 18.4. The average Bonchev–Trinajstić information content (AvgIpc) is 3.12. The molecule has 0 bridgehead atoms. The zero-order valence-electron chi connectivity index (χ0n) is 15.3. The van der Waals surface area contributed by atoms with E-state index in [0.717, 1.165) is 42.4 Å². The number of anilines is 4. The summed E-state index contributed by atoms with van der Waals surface area (Å²) in [7, 11) is 0. The minimum atomic E-state index is 0.637. The van der Waals surface area contributed by atoms with Crippen LogP contribution in [0.4, 0.5) is 22.7 Å². The number of rotatable bonds is 3. The topological polar surface area (TPSA) is 42.4 Å². The van der Waals surface area contributed by atoms with Crippen molar-refractivity contribution in [2.75, 3.05) is 10.6 Å². The summed E-state index contributed by atoms with van der Waals surface area (Å²) in [6, 6.07) is 28.4. The lowest BCUT2D eigenvalue weighted by molar-refractivity contribution is 0.670. The Bertz CT molecular complexity index is 1310. The van der Waals surface area contributed by atoms with Crippen LogP contribution in [0.25, 0.3) is 21.9 Å². The van der Waals surface area contributed by atoms with Crippen molar-refractivity contribution < 1.29 is 4.42 Å². The van der Waals surface area contributed by atoms with Crippen molar-refractivity contribution in [3.8, 4) is 0 Å². The SMILES string of the molecule is Nc1cccc2c1oc1c(N(c3ccccc3Br)c3ccccc3Br)cccc12. The molecule has 29 heavy (non-hydrogen) atoms. The number of benzene rings is 4. The molecule has 142 valence electrons. The van der Waals surface area contributed by atoms with Crippen LogP contribution in [0.2, 0.25) is 0 Å². The molecule has 0 atom stereocenters. The molecule has 1 heterocycles. The van der Waals surface area contributed by atoms with Gasteiger partial charge in [-0.3, -0.25) is 0 Å². The quantitative estimate of drug-likeness (QED) is 0.250. The fourth-order valence-corrected chi connectivity index (χ4v) is 4.58. The molecule has 0 unspecified atom stereocenters. The molecule has 0 saturated carbocycles. The van der Waals surface area contributed by atoms with Crippen LogP contribution in [0.1, 0.15) is 0 Å². The van der Waals surface area contributed by atoms with E-state index < -0.39 is 0 Å². The Morgan fingerprint density at radius 1 is 0.586 bits per heavy atom. The predicted octanol–water partition coefficient (Wildman–Crippen LogP) is 8.16. The van der Waals surface area contributed by atoms with E-state index in [-0.39, 0.29) is 0 Å². The summed E-state index contributed by atoms with van der Waals surface area (Å²) in [5.74, 6) is 0. The third kappa shape index (κ3) is 3.02. The van der Waals surface area contributed by atoms with Crippen molar-refractivity contribution in [1.29, 1.82) is 0 Å². The molecule has 3 nitrogen and oxygen atoms in total. The Kier molecular flexibility index (Phi) is 4.57. The lowest BCUT2D eigenvalue weighted by Crippen LogP contribution is -2.11. The van der Waals surface area contributed by atoms with Gasteiger partial charge in [0.25, 0.3) is 0 Å². The second kappa shape index (κ2) is 7.25. The molecule has 0 spiro atoms. The van der Waals surface area contributed by atoms with Gasteiger partial charge in [0.15, 0.2) is 11.2 Å². The summed E-state index contributed by atoms with van der Waals surface area (Å²) in [5, 5.41) is 2.05. The maximum atomic E-state index is 6.32. The monoisotopic (exact) mass is 506 g/mol. The predicted molar refractivity (Wildman–Crippen MR) is 128 cm³/mol. The van der Waals surface area contributed by atoms with E-state index in [1.807, 2.05) is 54.6 Å². The van der Waals surface area contributed by atoms with Gasteiger partial charge in [-0.2, -0.15) is 0 Å². The highest BCUT2D eigenvalue weighted by Crippen LogP contribution is 2.46. The van der Waals surface area contributed by atoms with E-state index in [1.165, 1.54) is 0 Å². The number of fused-ring (bicyclic) bond motifs is 3. The van der Waals surface area contributed by atoms with E-state index >= 15 is 0 Å². The summed E-state index contributed by atoms with van der Waals surface area (Å²) >= 11 is 7.44. The van der Waals surface area contributed by atoms with Crippen LogP contribution in [-0.4, -0.2) is 0 Å². The summed E-state index contributed by atoms with van der Waals surface area (Å²) in [4.78, 5) is 2.19. The molecule has 1 aromatic heterocycles. The van der Waals surface area contributed by atoms with E-state index in [4.69, 9.17) is 10.2 Å². The van der Waals surface area contributed by atoms with Gasteiger partial charge in [0.05, 0.1) is 22.7 Å². The Morgan fingerprint density at radius 3 is 1.72 bits per heavy atom. The first-order valence-corrected chi connectivity index (χ1v) is 10.7. The molecule has 0 aliphatic carbocycles. The maximum Gasteiger partial charge on any atom is 0.159 e. The van der Waals surface area contributed by atoms with Crippen LogP contribution >= 0.6 is 31.9 Å². The van der Waals surface area contributed by atoms with Crippen LogP contribution < -0.4 is 10.6 Å². The van der Waals surface area contributed by atoms with Crippen LogP contribution in [-0.2, 0) is 0 Å². The number of nitrogens with zero attached hydrogens (tertiary/aromatic N) is 1. The smallest absolute Gasteiger partial charge is 0.159 e. The highest BCUT2D eigenvalue weighted by molar-refractivity contribution is 9.11. The molecule has 0 amide bonds. The highest BCUT2D eigenvalue weighted by atomic mass is 79.9. The van der Waals surface area contributed by atoms with Gasteiger partial charge < -0.3 is 15.1 Å². The molecule has 5 rings (SSSR count). The van der Waals surface area contributed by atoms with Crippen molar-refractivity contribution in [2.24, 2.45) is 0 Å². The zero-order chi connectivity index (χ0) is 20.0. The molecule has 0 saturated heterocycles. The van der Waals surface area contributed by atoms with Crippen LogP contribution in [0.5, 0.6) is 0 Å². The van der Waals surface area contributed by atoms with Crippen molar-refractivity contribution in [3.63, 3.8) is 0 Å². The van der Waals surface area contributed by atoms with Gasteiger partial charge in [0.1, 0.15) is 0 Å². The Morgan fingerprint density at radius 2 is 1.10 bits per heavy atom. The minimum Gasteiger partial charge on any atom is -0.452 e. The van der Waals surface area contributed by atoms with Gasteiger partial charge >= 0.3 is 0 Å². The molecule has 0 fully saturated rings. The molecule has 0 radical (unpaired) electrons.